The zero-order valence-electron chi connectivity index (χ0n) is 14.3. The minimum atomic E-state index is -0.259. The number of amides is 1. The number of halogens is 1. The molecule has 2 aliphatic heterocycles. The molecule has 0 aliphatic carbocycles. The number of hydrogen-bond acceptors (Lipinski definition) is 5. The Kier molecular flexibility index (Phi) is 6.32. The SMILES string of the molecule is COc1cc2c(cc1OC)CN(C(=O)[C@H]1NCCO[C@@H]1C)CC2.Cl. The minimum Gasteiger partial charge on any atom is -0.493 e. The number of benzene rings is 1. The van der Waals surface area contributed by atoms with Gasteiger partial charge in [0.2, 0.25) is 5.91 Å². The molecule has 1 aromatic carbocycles. The van der Waals surface area contributed by atoms with Crippen molar-refractivity contribution in [3.8, 4) is 11.5 Å². The highest BCUT2D eigenvalue weighted by molar-refractivity contribution is 5.85. The molecule has 0 spiro atoms. The van der Waals surface area contributed by atoms with Gasteiger partial charge in [-0.2, -0.15) is 0 Å². The lowest BCUT2D eigenvalue weighted by atomic mass is 9.97. The van der Waals surface area contributed by atoms with Crippen LogP contribution in [0.1, 0.15) is 18.1 Å². The molecule has 0 saturated carbocycles. The number of morpholine rings is 1. The highest BCUT2D eigenvalue weighted by Gasteiger charge is 2.33. The molecule has 3 rings (SSSR count). The normalized spacial score (nSPS) is 23.0. The molecule has 2 aliphatic rings. The molecule has 2 heterocycles. The summed E-state index contributed by atoms with van der Waals surface area (Å²) in [6.45, 7) is 4.63. The molecule has 0 aromatic heterocycles. The highest BCUT2D eigenvalue weighted by Crippen LogP contribution is 2.33. The van der Waals surface area contributed by atoms with Crippen molar-refractivity contribution in [2.45, 2.75) is 32.0 Å². The van der Waals surface area contributed by atoms with Crippen molar-refractivity contribution in [3.63, 3.8) is 0 Å². The van der Waals surface area contributed by atoms with Crippen LogP contribution in [0.4, 0.5) is 0 Å². The molecule has 24 heavy (non-hydrogen) atoms. The third-order valence-corrected chi connectivity index (χ3v) is 4.61. The number of carbonyl (C=O) groups is 1. The maximum atomic E-state index is 12.8. The monoisotopic (exact) mass is 356 g/mol. The number of ether oxygens (including phenoxy) is 3. The Hall–Kier alpha value is -1.50. The number of methoxy groups -OCH3 is 2. The van der Waals surface area contributed by atoms with E-state index in [1.807, 2.05) is 24.0 Å². The van der Waals surface area contributed by atoms with Gasteiger partial charge in [0.15, 0.2) is 11.5 Å². The van der Waals surface area contributed by atoms with E-state index in [0.29, 0.717) is 25.4 Å². The van der Waals surface area contributed by atoms with Crippen LogP contribution in [0.5, 0.6) is 11.5 Å². The van der Waals surface area contributed by atoms with Crippen molar-refractivity contribution in [2.75, 3.05) is 33.9 Å². The Morgan fingerprint density at radius 2 is 1.92 bits per heavy atom. The molecule has 2 atom stereocenters. The number of rotatable bonds is 3. The molecule has 7 heteroatoms. The van der Waals surface area contributed by atoms with E-state index in [1.54, 1.807) is 14.2 Å². The van der Waals surface area contributed by atoms with Crippen molar-refractivity contribution < 1.29 is 19.0 Å². The minimum absolute atomic E-state index is 0. The second kappa shape index (κ2) is 8.05. The zero-order chi connectivity index (χ0) is 16.4. The Morgan fingerprint density at radius 1 is 1.25 bits per heavy atom. The Labute approximate surface area is 148 Å². The van der Waals surface area contributed by atoms with Gasteiger partial charge in [-0.3, -0.25) is 4.79 Å². The molecule has 1 saturated heterocycles. The van der Waals surface area contributed by atoms with Gasteiger partial charge in [-0.15, -0.1) is 12.4 Å². The fourth-order valence-corrected chi connectivity index (χ4v) is 3.28. The largest absolute Gasteiger partial charge is 0.493 e. The molecule has 1 amide bonds. The van der Waals surface area contributed by atoms with Crippen molar-refractivity contribution >= 4 is 18.3 Å². The quantitative estimate of drug-likeness (QED) is 0.886. The number of fused-ring (bicyclic) bond motifs is 1. The van der Waals surface area contributed by atoms with Gasteiger partial charge in [-0.25, -0.2) is 0 Å². The average molecular weight is 357 g/mol. The molecular weight excluding hydrogens is 332 g/mol. The van der Waals surface area contributed by atoms with E-state index in [-0.39, 0.29) is 30.5 Å². The standard InChI is InChI=1S/C17H24N2O4.ClH/c1-11-16(18-5-7-23-11)17(20)19-6-4-12-8-14(21-2)15(22-3)9-13(12)10-19;/h8-9,11,16,18H,4-7,10H2,1-3H3;1H/t11-,16+;/m1./s1. The molecule has 1 fully saturated rings. The number of carbonyl (C=O) groups excluding carboxylic acids is 1. The summed E-state index contributed by atoms with van der Waals surface area (Å²) in [7, 11) is 3.26. The summed E-state index contributed by atoms with van der Waals surface area (Å²) in [5, 5.41) is 3.27. The number of nitrogens with zero attached hydrogens (tertiary/aromatic N) is 1. The molecule has 134 valence electrons. The highest BCUT2D eigenvalue weighted by atomic mass is 35.5. The first-order valence-electron chi connectivity index (χ1n) is 8.01. The lowest BCUT2D eigenvalue weighted by Crippen LogP contribution is -2.57. The van der Waals surface area contributed by atoms with Crippen LogP contribution in [0.2, 0.25) is 0 Å². The first-order valence-corrected chi connectivity index (χ1v) is 8.01. The van der Waals surface area contributed by atoms with Gasteiger partial charge in [0, 0.05) is 19.6 Å². The number of hydrogen-bond donors (Lipinski definition) is 1. The van der Waals surface area contributed by atoms with Gasteiger partial charge in [0.25, 0.3) is 0 Å². The summed E-state index contributed by atoms with van der Waals surface area (Å²) in [5.74, 6) is 1.55. The summed E-state index contributed by atoms with van der Waals surface area (Å²) in [6, 6.07) is 3.73. The summed E-state index contributed by atoms with van der Waals surface area (Å²) in [6.07, 6.45) is 0.728. The van der Waals surface area contributed by atoms with Gasteiger partial charge in [0.05, 0.1) is 26.9 Å². The van der Waals surface area contributed by atoms with Gasteiger partial charge >= 0.3 is 0 Å². The maximum absolute atomic E-state index is 12.8. The van der Waals surface area contributed by atoms with Gasteiger partial charge < -0.3 is 24.4 Å². The second-order valence-corrected chi connectivity index (χ2v) is 5.99. The lowest BCUT2D eigenvalue weighted by Gasteiger charge is -2.36. The van der Waals surface area contributed by atoms with Crippen molar-refractivity contribution in [3.05, 3.63) is 23.3 Å². The van der Waals surface area contributed by atoms with E-state index in [4.69, 9.17) is 14.2 Å². The molecule has 0 bridgehead atoms. The molecular formula is C17H25ClN2O4. The maximum Gasteiger partial charge on any atom is 0.242 e. The van der Waals surface area contributed by atoms with Gasteiger partial charge in [-0.05, 0) is 36.6 Å². The lowest BCUT2D eigenvalue weighted by molar-refractivity contribution is -0.140. The summed E-state index contributed by atoms with van der Waals surface area (Å²) in [5.41, 5.74) is 2.33. The van der Waals surface area contributed by atoms with Crippen LogP contribution in [0.25, 0.3) is 0 Å². The summed E-state index contributed by atoms with van der Waals surface area (Å²) in [4.78, 5) is 14.7. The van der Waals surface area contributed by atoms with Crippen LogP contribution in [0.15, 0.2) is 12.1 Å². The molecule has 1 aromatic rings. The second-order valence-electron chi connectivity index (χ2n) is 5.99. The Bertz CT molecular complexity index is 596. The third kappa shape index (κ3) is 3.61. The molecule has 1 N–H and O–H groups in total. The van der Waals surface area contributed by atoms with Crippen molar-refractivity contribution in [2.24, 2.45) is 0 Å². The predicted molar refractivity (Wildman–Crippen MR) is 93.1 cm³/mol. The van der Waals surface area contributed by atoms with E-state index < -0.39 is 0 Å². The van der Waals surface area contributed by atoms with Crippen LogP contribution in [-0.2, 0) is 22.5 Å². The van der Waals surface area contributed by atoms with Crippen LogP contribution in [-0.4, -0.2) is 56.9 Å². The van der Waals surface area contributed by atoms with Crippen LogP contribution in [0.3, 0.4) is 0 Å². The predicted octanol–water partition coefficient (Wildman–Crippen LogP) is 1.39. The van der Waals surface area contributed by atoms with E-state index >= 15 is 0 Å². The molecule has 0 unspecified atom stereocenters. The first-order chi connectivity index (χ1) is 11.1. The Balaban J connectivity index is 0.00000208. The molecule has 6 nitrogen and oxygen atoms in total. The number of nitrogens with one attached hydrogen (secondary N) is 1. The van der Waals surface area contributed by atoms with Gasteiger partial charge in [0.1, 0.15) is 6.04 Å². The van der Waals surface area contributed by atoms with Crippen molar-refractivity contribution in [1.29, 1.82) is 0 Å². The smallest absolute Gasteiger partial charge is 0.242 e. The van der Waals surface area contributed by atoms with E-state index in [0.717, 1.165) is 24.3 Å². The fourth-order valence-electron chi connectivity index (χ4n) is 3.28. The summed E-state index contributed by atoms with van der Waals surface area (Å²) >= 11 is 0. The average Bonchev–Trinajstić information content (AvgIpc) is 2.59. The van der Waals surface area contributed by atoms with E-state index in [2.05, 4.69) is 5.32 Å². The topological polar surface area (TPSA) is 60.0 Å². The van der Waals surface area contributed by atoms with E-state index in [9.17, 15) is 4.79 Å². The van der Waals surface area contributed by atoms with Crippen LogP contribution >= 0.6 is 12.4 Å². The molecule has 0 radical (unpaired) electrons. The van der Waals surface area contributed by atoms with E-state index in [1.165, 1.54) is 5.56 Å². The fraction of sp³-hybridized carbons (Fsp3) is 0.588. The summed E-state index contributed by atoms with van der Waals surface area (Å²) < 4.78 is 16.3. The first kappa shape index (κ1) is 18.8. The third-order valence-electron chi connectivity index (χ3n) is 4.61. The van der Waals surface area contributed by atoms with Crippen LogP contribution < -0.4 is 14.8 Å². The van der Waals surface area contributed by atoms with Crippen molar-refractivity contribution in [1.82, 2.24) is 10.2 Å². The van der Waals surface area contributed by atoms with Crippen LogP contribution in [0, 0.1) is 0 Å². The van der Waals surface area contributed by atoms with Gasteiger partial charge in [-0.1, -0.05) is 0 Å². The Morgan fingerprint density at radius 3 is 2.54 bits per heavy atom. The zero-order valence-corrected chi connectivity index (χ0v) is 15.1.